The summed E-state index contributed by atoms with van der Waals surface area (Å²) in [5.74, 6) is 2.71. The van der Waals surface area contributed by atoms with Crippen LogP contribution in [0.25, 0.3) is 0 Å². The second kappa shape index (κ2) is 6.54. The van der Waals surface area contributed by atoms with Crippen LogP contribution in [0, 0.1) is 5.92 Å². The lowest BCUT2D eigenvalue weighted by atomic mass is 9.95. The number of hydrogen-bond donors (Lipinski definition) is 2. The molecule has 1 aliphatic heterocycles. The van der Waals surface area contributed by atoms with Crippen LogP contribution in [0.2, 0.25) is 0 Å². The first-order valence-electron chi connectivity index (χ1n) is 6.73. The number of rotatable bonds is 5. The maximum absolute atomic E-state index is 4.38. The highest BCUT2D eigenvalue weighted by atomic mass is 15.2. The van der Waals surface area contributed by atoms with Crippen LogP contribution in [0.3, 0.4) is 0 Å². The standard InChI is InChI=1S/C13H23N5/c1-14-6-5-11-4-3-7-18(9-11)13-8-12(15-2)16-10-17-13/h8,10-11,14H,3-7,9H2,1-2H3,(H,15,16,17). The Morgan fingerprint density at radius 1 is 1.39 bits per heavy atom. The Balaban J connectivity index is 1.98. The Labute approximate surface area is 109 Å². The van der Waals surface area contributed by atoms with E-state index >= 15 is 0 Å². The van der Waals surface area contributed by atoms with Gasteiger partial charge in [-0.3, -0.25) is 0 Å². The van der Waals surface area contributed by atoms with Crippen molar-refractivity contribution in [2.45, 2.75) is 19.3 Å². The van der Waals surface area contributed by atoms with Crippen molar-refractivity contribution in [1.29, 1.82) is 0 Å². The van der Waals surface area contributed by atoms with Crippen molar-refractivity contribution in [3.05, 3.63) is 12.4 Å². The fourth-order valence-electron chi connectivity index (χ4n) is 2.51. The van der Waals surface area contributed by atoms with Gasteiger partial charge in [-0.2, -0.15) is 0 Å². The van der Waals surface area contributed by atoms with Crippen LogP contribution < -0.4 is 15.5 Å². The third-order valence-electron chi connectivity index (χ3n) is 3.55. The number of piperidine rings is 1. The first kappa shape index (κ1) is 13.1. The molecule has 18 heavy (non-hydrogen) atoms. The molecule has 0 aliphatic carbocycles. The van der Waals surface area contributed by atoms with Gasteiger partial charge in [-0.1, -0.05) is 0 Å². The summed E-state index contributed by atoms with van der Waals surface area (Å²) in [4.78, 5) is 10.9. The monoisotopic (exact) mass is 249 g/mol. The summed E-state index contributed by atoms with van der Waals surface area (Å²) in [7, 11) is 3.91. The van der Waals surface area contributed by atoms with Crippen LogP contribution in [0.1, 0.15) is 19.3 Å². The maximum atomic E-state index is 4.38. The van der Waals surface area contributed by atoms with Gasteiger partial charge >= 0.3 is 0 Å². The van der Waals surface area contributed by atoms with Gasteiger partial charge in [0, 0.05) is 26.2 Å². The minimum absolute atomic E-state index is 0.777. The highest BCUT2D eigenvalue weighted by Crippen LogP contribution is 2.24. The molecule has 2 N–H and O–H groups in total. The molecular formula is C13H23N5. The first-order chi connectivity index (χ1) is 8.83. The van der Waals surface area contributed by atoms with Crippen molar-refractivity contribution in [2.75, 3.05) is 43.9 Å². The first-order valence-corrected chi connectivity index (χ1v) is 6.73. The minimum atomic E-state index is 0.777. The zero-order chi connectivity index (χ0) is 12.8. The Bertz CT molecular complexity index is 368. The number of hydrogen-bond acceptors (Lipinski definition) is 5. The van der Waals surface area contributed by atoms with Crippen molar-refractivity contribution < 1.29 is 0 Å². The van der Waals surface area contributed by atoms with E-state index < -0.39 is 0 Å². The second-order valence-corrected chi connectivity index (χ2v) is 4.86. The highest BCUT2D eigenvalue weighted by Gasteiger charge is 2.20. The summed E-state index contributed by atoms with van der Waals surface area (Å²) in [5, 5.41) is 6.30. The van der Waals surface area contributed by atoms with Gasteiger partial charge in [-0.15, -0.1) is 0 Å². The number of nitrogens with zero attached hydrogens (tertiary/aromatic N) is 3. The molecule has 100 valence electrons. The van der Waals surface area contributed by atoms with Crippen LogP contribution in [-0.2, 0) is 0 Å². The van der Waals surface area contributed by atoms with E-state index in [-0.39, 0.29) is 0 Å². The van der Waals surface area contributed by atoms with Gasteiger partial charge in [0.05, 0.1) is 0 Å². The molecule has 0 aromatic carbocycles. The van der Waals surface area contributed by atoms with E-state index in [0.717, 1.165) is 37.2 Å². The summed E-state index contributed by atoms with van der Waals surface area (Å²) >= 11 is 0. The SMILES string of the molecule is CNCCC1CCCN(c2cc(NC)ncn2)C1. The predicted octanol–water partition coefficient (Wildman–Crippen LogP) is 1.34. The Morgan fingerprint density at radius 2 is 2.28 bits per heavy atom. The zero-order valence-corrected chi connectivity index (χ0v) is 11.3. The summed E-state index contributed by atoms with van der Waals surface area (Å²) in [5.41, 5.74) is 0. The van der Waals surface area contributed by atoms with Crippen molar-refractivity contribution >= 4 is 11.6 Å². The van der Waals surface area contributed by atoms with E-state index in [1.165, 1.54) is 19.3 Å². The quantitative estimate of drug-likeness (QED) is 0.825. The molecule has 1 aliphatic rings. The van der Waals surface area contributed by atoms with E-state index in [1.54, 1.807) is 6.33 Å². The minimum Gasteiger partial charge on any atom is -0.373 e. The van der Waals surface area contributed by atoms with E-state index in [2.05, 4.69) is 25.5 Å². The highest BCUT2D eigenvalue weighted by molar-refractivity contribution is 5.48. The molecule has 2 heterocycles. The predicted molar refractivity (Wildman–Crippen MR) is 75.1 cm³/mol. The van der Waals surface area contributed by atoms with E-state index in [0.29, 0.717) is 0 Å². The summed E-state index contributed by atoms with van der Waals surface area (Å²) in [6.45, 7) is 3.32. The molecule has 0 spiro atoms. The van der Waals surface area contributed by atoms with Crippen LogP contribution in [-0.4, -0.2) is 43.7 Å². The second-order valence-electron chi connectivity index (χ2n) is 4.86. The number of nitrogens with one attached hydrogen (secondary N) is 2. The molecule has 1 aromatic rings. The lowest BCUT2D eigenvalue weighted by Gasteiger charge is -2.33. The molecule has 0 bridgehead atoms. The Kier molecular flexibility index (Phi) is 4.75. The summed E-state index contributed by atoms with van der Waals surface area (Å²) < 4.78 is 0. The Morgan fingerprint density at radius 3 is 3.06 bits per heavy atom. The van der Waals surface area contributed by atoms with E-state index in [4.69, 9.17) is 0 Å². The average Bonchev–Trinajstić information content (AvgIpc) is 2.45. The number of anilines is 2. The lowest BCUT2D eigenvalue weighted by molar-refractivity contribution is 0.386. The van der Waals surface area contributed by atoms with Gasteiger partial charge < -0.3 is 15.5 Å². The smallest absolute Gasteiger partial charge is 0.134 e. The van der Waals surface area contributed by atoms with Gasteiger partial charge in [0.1, 0.15) is 18.0 Å². The van der Waals surface area contributed by atoms with Crippen LogP contribution >= 0.6 is 0 Å². The van der Waals surface area contributed by atoms with Crippen LogP contribution in [0.4, 0.5) is 11.6 Å². The zero-order valence-electron chi connectivity index (χ0n) is 11.3. The van der Waals surface area contributed by atoms with Crippen molar-refractivity contribution in [3.63, 3.8) is 0 Å². The summed E-state index contributed by atoms with van der Waals surface area (Å²) in [6, 6.07) is 2.03. The lowest BCUT2D eigenvalue weighted by Crippen LogP contribution is -2.37. The third-order valence-corrected chi connectivity index (χ3v) is 3.55. The molecule has 1 atom stereocenters. The summed E-state index contributed by atoms with van der Waals surface area (Å²) in [6.07, 6.45) is 5.48. The third kappa shape index (κ3) is 3.32. The van der Waals surface area contributed by atoms with Crippen molar-refractivity contribution in [3.8, 4) is 0 Å². The van der Waals surface area contributed by atoms with Crippen molar-refractivity contribution in [2.24, 2.45) is 5.92 Å². The molecule has 1 unspecified atom stereocenters. The maximum Gasteiger partial charge on any atom is 0.134 e. The molecule has 5 heteroatoms. The van der Waals surface area contributed by atoms with Gasteiger partial charge in [-0.05, 0) is 38.8 Å². The molecule has 5 nitrogen and oxygen atoms in total. The van der Waals surface area contributed by atoms with Crippen LogP contribution in [0.5, 0.6) is 0 Å². The molecule has 2 rings (SSSR count). The topological polar surface area (TPSA) is 53.1 Å². The number of aromatic nitrogens is 2. The van der Waals surface area contributed by atoms with E-state index in [9.17, 15) is 0 Å². The fraction of sp³-hybridized carbons (Fsp3) is 0.692. The Hall–Kier alpha value is -1.36. The van der Waals surface area contributed by atoms with E-state index in [1.807, 2.05) is 20.2 Å². The molecule has 0 saturated carbocycles. The molecule has 0 amide bonds. The van der Waals surface area contributed by atoms with Gasteiger partial charge in [-0.25, -0.2) is 9.97 Å². The molecule has 1 aromatic heterocycles. The molecular weight excluding hydrogens is 226 g/mol. The average molecular weight is 249 g/mol. The van der Waals surface area contributed by atoms with Crippen LogP contribution in [0.15, 0.2) is 12.4 Å². The largest absolute Gasteiger partial charge is 0.373 e. The van der Waals surface area contributed by atoms with Gasteiger partial charge in [0.25, 0.3) is 0 Å². The molecule has 1 fully saturated rings. The molecule has 0 radical (unpaired) electrons. The normalized spacial score (nSPS) is 19.9. The van der Waals surface area contributed by atoms with Crippen molar-refractivity contribution in [1.82, 2.24) is 15.3 Å². The fourth-order valence-corrected chi connectivity index (χ4v) is 2.51. The molecule has 1 saturated heterocycles. The van der Waals surface area contributed by atoms with Gasteiger partial charge in [0.2, 0.25) is 0 Å². The van der Waals surface area contributed by atoms with Gasteiger partial charge in [0.15, 0.2) is 0 Å².